The van der Waals surface area contributed by atoms with Gasteiger partial charge in [0.15, 0.2) is 11.3 Å². The quantitative estimate of drug-likeness (QED) is 0.645. The lowest BCUT2D eigenvalue weighted by molar-refractivity contribution is 0.0581. The van der Waals surface area contributed by atoms with Crippen LogP contribution < -0.4 is 9.64 Å². The van der Waals surface area contributed by atoms with Crippen LogP contribution in [0.25, 0.3) is 11.0 Å². The Morgan fingerprint density at radius 2 is 2.00 bits per heavy atom. The van der Waals surface area contributed by atoms with Gasteiger partial charge >= 0.3 is 6.09 Å². The summed E-state index contributed by atoms with van der Waals surface area (Å²) in [7, 11) is 0. The molecule has 1 aliphatic rings. The van der Waals surface area contributed by atoms with Crippen molar-refractivity contribution < 1.29 is 23.8 Å². The molecule has 3 aromatic rings. The Morgan fingerprint density at radius 3 is 2.67 bits per heavy atom. The summed E-state index contributed by atoms with van der Waals surface area (Å²) >= 11 is 0. The van der Waals surface area contributed by atoms with E-state index in [1.807, 2.05) is 64.1 Å². The van der Waals surface area contributed by atoms with Gasteiger partial charge in [-0.25, -0.2) is 4.79 Å². The summed E-state index contributed by atoms with van der Waals surface area (Å²) in [6, 6.07) is 11.7. The van der Waals surface area contributed by atoms with Crippen molar-refractivity contribution in [1.29, 1.82) is 0 Å². The smallest absolute Gasteiger partial charge is 0.414 e. The van der Waals surface area contributed by atoms with E-state index in [0.717, 1.165) is 22.1 Å². The Labute approximate surface area is 176 Å². The molecule has 0 saturated carbocycles. The maximum Gasteiger partial charge on any atom is 0.414 e. The van der Waals surface area contributed by atoms with Crippen LogP contribution in [0.4, 0.5) is 10.5 Å². The van der Waals surface area contributed by atoms with Crippen molar-refractivity contribution in [2.24, 2.45) is 0 Å². The number of hydrogen-bond donors (Lipinski definition) is 1. The fourth-order valence-electron chi connectivity index (χ4n) is 3.88. The molecule has 1 aromatic heterocycles. The van der Waals surface area contributed by atoms with Crippen LogP contribution in [0.2, 0.25) is 0 Å². The number of benzene rings is 2. The maximum absolute atomic E-state index is 12.9. The number of rotatable bonds is 4. The van der Waals surface area contributed by atoms with E-state index >= 15 is 0 Å². The minimum atomic E-state index is -0.614. The molecule has 0 aliphatic carbocycles. The molecule has 0 unspecified atom stereocenters. The number of amides is 1. The number of anilines is 1. The highest BCUT2D eigenvalue weighted by molar-refractivity contribution is 6.01. The third-order valence-electron chi connectivity index (χ3n) is 5.19. The summed E-state index contributed by atoms with van der Waals surface area (Å²) in [5.41, 5.74) is 3.59. The van der Waals surface area contributed by atoms with Crippen LogP contribution >= 0.6 is 0 Å². The number of aliphatic hydroxyl groups is 1. The Hall–Kier alpha value is -2.99. The van der Waals surface area contributed by atoms with Gasteiger partial charge in [0.05, 0.1) is 18.6 Å². The minimum Gasteiger partial charge on any atom is -0.485 e. The zero-order valence-corrected chi connectivity index (χ0v) is 17.8. The molecule has 1 aliphatic heterocycles. The van der Waals surface area contributed by atoms with Gasteiger partial charge in [-0.2, -0.15) is 0 Å². The third kappa shape index (κ3) is 3.75. The zero-order chi connectivity index (χ0) is 21.5. The average molecular weight is 409 g/mol. The molecule has 158 valence electrons. The molecule has 0 saturated heterocycles. The van der Waals surface area contributed by atoms with E-state index in [2.05, 4.69) is 0 Å². The molecule has 6 nitrogen and oxygen atoms in total. The summed E-state index contributed by atoms with van der Waals surface area (Å²) in [5, 5.41) is 10.9. The van der Waals surface area contributed by atoms with Gasteiger partial charge in [-0.1, -0.05) is 30.3 Å². The summed E-state index contributed by atoms with van der Waals surface area (Å²) in [4.78, 5) is 14.5. The Morgan fingerprint density at radius 1 is 1.27 bits per heavy atom. The van der Waals surface area contributed by atoms with Crippen LogP contribution in [0.1, 0.15) is 43.4 Å². The SMILES string of the molecule is Cc1coc2c(OCc3ccccc3)cc3c(c12)[C@H](CO)CN3C(=O)OC(C)(C)C. The zero-order valence-electron chi connectivity index (χ0n) is 17.8. The predicted molar refractivity (Wildman–Crippen MR) is 115 cm³/mol. The fourth-order valence-corrected chi connectivity index (χ4v) is 3.88. The molecule has 4 rings (SSSR count). The van der Waals surface area contributed by atoms with Crippen molar-refractivity contribution in [3.63, 3.8) is 0 Å². The van der Waals surface area contributed by atoms with Crippen molar-refractivity contribution in [2.75, 3.05) is 18.1 Å². The van der Waals surface area contributed by atoms with Crippen LogP contribution in [-0.4, -0.2) is 30.0 Å². The van der Waals surface area contributed by atoms with Crippen LogP contribution in [-0.2, 0) is 11.3 Å². The van der Waals surface area contributed by atoms with Crippen molar-refractivity contribution in [3.8, 4) is 5.75 Å². The average Bonchev–Trinajstić information content (AvgIpc) is 3.26. The molecule has 1 amide bonds. The molecule has 2 heterocycles. The Bertz CT molecular complexity index is 1060. The lowest BCUT2D eigenvalue weighted by Gasteiger charge is -2.25. The lowest BCUT2D eigenvalue weighted by Crippen LogP contribution is -2.36. The van der Waals surface area contributed by atoms with Gasteiger partial charge in [0.1, 0.15) is 12.2 Å². The monoisotopic (exact) mass is 409 g/mol. The number of ether oxygens (including phenoxy) is 2. The molecule has 1 atom stereocenters. The third-order valence-corrected chi connectivity index (χ3v) is 5.19. The van der Waals surface area contributed by atoms with Gasteiger partial charge in [-0.05, 0) is 44.4 Å². The van der Waals surface area contributed by atoms with Crippen molar-refractivity contribution in [1.82, 2.24) is 0 Å². The molecular formula is C24H27NO5. The number of fused-ring (bicyclic) bond motifs is 3. The molecule has 0 bridgehead atoms. The van der Waals surface area contributed by atoms with E-state index in [1.54, 1.807) is 11.2 Å². The van der Waals surface area contributed by atoms with E-state index in [9.17, 15) is 9.90 Å². The fraction of sp³-hybridized carbons (Fsp3) is 0.375. The van der Waals surface area contributed by atoms with Crippen molar-refractivity contribution >= 4 is 22.7 Å². The van der Waals surface area contributed by atoms with Crippen LogP contribution in [0, 0.1) is 6.92 Å². The summed E-state index contributed by atoms with van der Waals surface area (Å²) in [5.74, 6) is 0.349. The molecule has 0 radical (unpaired) electrons. The lowest BCUT2D eigenvalue weighted by atomic mass is 9.96. The first-order chi connectivity index (χ1) is 14.3. The summed E-state index contributed by atoms with van der Waals surface area (Å²) in [6.45, 7) is 8.12. The predicted octanol–water partition coefficient (Wildman–Crippen LogP) is 5.15. The van der Waals surface area contributed by atoms with Crippen LogP contribution in [0.15, 0.2) is 47.1 Å². The van der Waals surface area contributed by atoms with Gasteiger partial charge < -0.3 is 19.0 Å². The second-order valence-electron chi connectivity index (χ2n) is 8.68. The van der Waals surface area contributed by atoms with Crippen LogP contribution in [0.3, 0.4) is 0 Å². The van der Waals surface area contributed by atoms with E-state index in [4.69, 9.17) is 13.9 Å². The second-order valence-corrected chi connectivity index (χ2v) is 8.68. The molecular weight excluding hydrogens is 382 g/mol. The first-order valence-corrected chi connectivity index (χ1v) is 10.1. The molecule has 30 heavy (non-hydrogen) atoms. The van der Waals surface area contributed by atoms with Gasteiger partial charge in [0.25, 0.3) is 0 Å². The molecule has 2 aromatic carbocycles. The minimum absolute atomic E-state index is 0.0732. The van der Waals surface area contributed by atoms with E-state index < -0.39 is 11.7 Å². The number of hydrogen-bond acceptors (Lipinski definition) is 5. The van der Waals surface area contributed by atoms with Gasteiger partial charge in [-0.15, -0.1) is 0 Å². The highest BCUT2D eigenvalue weighted by atomic mass is 16.6. The van der Waals surface area contributed by atoms with Crippen molar-refractivity contribution in [3.05, 3.63) is 59.4 Å². The Kier molecular flexibility index (Phi) is 5.20. The molecule has 0 spiro atoms. The highest BCUT2D eigenvalue weighted by Crippen LogP contribution is 2.47. The molecule has 6 heteroatoms. The van der Waals surface area contributed by atoms with Crippen LogP contribution in [0.5, 0.6) is 5.75 Å². The first-order valence-electron chi connectivity index (χ1n) is 10.1. The number of aryl methyl sites for hydroxylation is 1. The number of furan rings is 1. The number of carbonyl (C=O) groups excluding carboxylic acids is 1. The topological polar surface area (TPSA) is 72.1 Å². The van der Waals surface area contributed by atoms with E-state index in [0.29, 0.717) is 30.2 Å². The van der Waals surface area contributed by atoms with Gasteiger partial charge in [-0.3, -0.25) is 4.90 Å². The van der Waals surface area contributed by atoms with Gasteiger partial charge in [0, 0.05) is 23.9 Å². The van der Waals surface area contributed by atoms with Gasteiger partial charge in [0.2, 0.25) is 0 Å². The largest absolute Gasteiger partial charge is 0.485 e. The van der Waals surface area contributed by atoms with Crippen molar-refractivity contribution in [2.45, 2.75) is 45.8 Å². The second kappa shape index (κ2) is 7.69. The number of nitrogens with zero attached hydrogens (tertiary/aromatic N) is 1. The summed E-state index contributed by atoms with van der Waals surface area (Å²) in [6.07, 6.45) is 1.25. The maximum atomic E-state index is 12.9. The number of aliphatic hydroxyl groups excluding tert-OH is 1. The molecule has 0 fully saturated rings. The highest BCUT2D eigenvalue weighted by Gasteiger charge is 2.38. The Balaban J connectivity index is 1.78. The normalized spacial score (nSPS) is 16.0. The standard InChI is InChI=1S/C24H27NO5/c1-15-13-29-22-19(28-14-16-8-6-5-7-9-16)10-18-21(20(15)22)17(12-26)11-25(18)23(27)30-24(2,3)4/h5-10,13,17,26H,11-12,14H2,1-4H3/t17-/m0/s1. The molecule has 1 N–H and O–H groups in total. The van der Waals surface area contributed by atoms with E-state index in [-0.39, 0.29) is 12.5 Å². The summed E-state index contributed by atoms with van der Waals surface area (Å²) < 4.78 is 17.5. The number of carbonyl (C=O) groups is 1. The first kappa shape index (κ1) is 20.3. The van der Waals surface area contributed by atoms with E-state index in [1.165, 1.54) is 0 Å².